The van der Waals surface area contributed by atoms with E-state index in [4.69, 9.17) is 10.00 Å². The molecule has 0 unspecified atom stereocenters. The third-order valence-electron chi connectivity index (χ3n) is 4.22. The largest absolute Gasteiger partial charge is 0.437 e. The molecule has 118 valence electrons. The van der Waals surface area contributed by atoms with Gasteiger partial charge in [-0.05, 0) is 68.6 Å². The number of aromatic nitrogens is 1. The lowest BCUT2D eigenvalue weighted by Crippen LogP contribution is -2.18. The van der Waals surface area contributed by atoms with Gasteiger partial charge in [-0.15, -0.1) is 0 Å². The quantitative estimate of drug-likeness (QED) is 0.858. The van der Waals surface area contributed by atoms with Gasteiger partial charge in [0.25, 0.3) is 0 Å². The van der Waals surface area contributed by atoms with Gasteiger partial charge in [-0.3, -0.25) is 4.90 Å². The summed E-state index contributed by atoms with van der Waals surface area (Å²) in [4.78, 5) is 6.67. The first kappa shape index (κ1) is 15.5. The van der Waals surface area contributed by atoms with Crippen molar-refractivity contribution in [2.45, 2.75) is 33.2 Å². The van der Waals surface area contributed by atoms with Crippen LogP contribution in [0.2, 0.25) is 0 Å². The Bertz CT molecular complexity index is 720. The van der Waals surface area contributed by atoms with Crippen LogP contribution in [-0.4, -0.2) is 23.0 Å². The summed E-state index contributed by atoms with van der Waals surface area (Å²) in [5.74, 6) is 1.17. The van der Waals surface area contributed by atoms with Crippen LogP contribution in [0.1, 0.15) is 35.1 Å². The number of ether oxygens (including phenoxy) is 1. The van der Waals surface area contributed by atoms with Gasteiger partial charge in [-0.1, -0.05) is 12.1 Å². The summed E-state index contributed by atoms with van der Waals surface area (Å²) in [5.41, 5.74) is 3.92. The predicted molar refractivity (Wildman–Crippen MR) is 89.5 cm³/mol. The molecule has 0 aliphatic carbocycles. The molecule has 0 spiro atoms. The van der Waals surface area contributed by atoms with E-state index in [9.17, 15) is 0 Å². The molecule has 4 heteroatoms. The van der Waals surface area contributed by atoms with Crippen molar-refractivity contribution < 1.29 is 4.74 Å². The maximum Gasteiger partial charge on any atom is 0.237 e. The van der Waals surface area contributed by atoms with Crippen LogP contribution in [0.15, 0.2) is 30.5 Å². The van der Waals surface area contributed by atoms with Crippen molar-refractivity contribution in [3.05, 3.63) is 52.7 Å². The van der Waals surface area contributed by atoms with Crippen LogP contribution in [0.25, 0.3) is 0 Å². The third-order valence-corrected chi connectivity index (χ3v) is 4.22. The van der Waals surface area contributed by atoms with Crippen molar-refractivity contribution in [1.82, 2.24) is 9.88 Å². The zero-order valence-corrected chi connectivity index (χ0v) is 13.7. The first-order valence-electron chi connectivity index (χ1n) is 8.03. The van der Waals surface area contributed by atoms with Crippen molar-refractivity contribution in [3.8, 4) is 17.7 Å². The van der Waals surface area contributed by atoms with Crippen LogP contribution in [0, 0.1) is 25.2 Å². The summed E-state index contributed by atoms with van der Waals surface area (Å²) in [6.07, 6.45) is 4.24. The van der Waals surface area contributed by atoms with E-state index in [1.54, 1.807) is 18.3 Å². The monoisotopic (exact) mass is 307 g/mol. The van der Waals surface area contributed by atoms with Crippen LogP contribution >= 0.6 is 0 Å². The van der Waals surface area contributed by atoms with Crippen molar-refractivity contribution in [2.75, 3.05) is 13.1 Å². The Morgan fingerprint density at radius 3 is 2.57 bits per heavy atom. The molecule has 4 nitrogen and oxygen atoms in total. The van der Waals surface area contributed by atoms with Gasteiger partial charge in [-0.25, -0.2) is 4.98 Å². The Kier molecular flexibility index (Phi) is 4.59. The van der Waals surface area contributed by atoms with Gasteiger partial charge >= 0.3 is 0 Å². The number of pyridine rings is 1. The van der Waals surface area contributed by atoms with Crippen molar-refractivity contribution in [3.63, 3.8) is 0 Å². The maximum absolute atomic E-state index is 9.16. The molecule has 0 N–H and O–H groups in total. The molecule has 1 aromatic heterocycles. The van der Waals surface area contributed by atoms with E-state index < -0.39 is 0 Å². The van der Waals surface area contributed by atoms with Crippen molar-refractivity contribution in [1.29, 1.82) is 5.26 Å². The molecular formula is C19H21N3O. The minimum absolute atomic E-state index is 0.369. The van der Waals surface area contributed by atoms with Crippen molar-refractivity contribution in [2.24, 2.45) is 0 Å². The highest BCUT2D eigenvalue weighted by molar-refractivity contribution is 5.47. The van der Waals surface area contributed by atoms with Gasteiger partial charge in [0, 0.05) is 12.7 Å². The molecule has 2 heterocycles. The normalized spacial score (nSPS) is 14.7. The Hall–Kier alpha value is -2.38. The van der Waals surface area contributed by atoms with Gasteiger partial charge in [0.2, 0.25) is 5.88 Å². The van der Waals surface area contributed by atoms with Gasteiger partial charge in [0.15, 0.2) is 0 Å². The molecular weight excluding hydrogens is 286 g/mol. The summed E-state index contributed by atoms with van der Waals surface area (Å²) in [6.45, 7) is 7.47. The lowest BCUT2D eigenvalue weighted by atomic mass is 10.1. The van der Waals surface area contributed by atoms with E-state index in [-0.39, 0.29) is 0 Å². The predicted octanol–water partition coefficient (Wildman–Crippen LogP) is 3.96. The number of nitriles is 1. The smallest absolute Gasteiger partial charge is 0.237 e. The first-order chi connectivity index (χ1) is 11.2. The zero-order valence-electron chi connectivity index (χ0n) is 13.7. The average molecular weight is 307 g/mol. The number of rotatable bonds is 4. The number of benzene rings is 1. The SMILES string of the molecule is Cc1cc(CN2CCCC2)cc(C)c1Oc1ncccc1C#N. The molecule has 1 fully saturated rings. The third kappa shape index (κ3) is 3.52. The molecule has 0 saturated carbocycles. The Labute approximate surface area is 137 Å². The number of hydrogen-bond donors (Lipinski definition) is 0. The van der Waals surface area contributed by atoms with E-state index in [1.807, 2.05) is 13.8 Å². The van der Waals surface area contributed by atoms with Crippen LogP contribution in [0.4, 0.5) is 0 Å². The Morgan fingerprint density at radius 1 is 1.22 bits per heavy atom. The zero-order chi connectivity index (χ0) is 16.2. The number of hydrogen-bond acceptors (Lipinski definition) is 4. The molecule has 23 heavy (non-hydrogen) atoms. The van der Waals surface area contributed by atoms with E-state index in [0.29, 0.717) is 11.4 Å². The molecule has 1 aliphatic rings. The molecule has 1 saturated heterocycles. The number of nitrogens with zero attached hydrogens (tertiary/aromatic N) is 3. The molecule has 1 aliphatic heterocycles. The highest BCUT2D eigenvalue weighted by Gasteiger charge is 2.15. The second kappa shape index (κ2) is 6.80. The van der Waals surface area contributed by atoms with Gasteiger partial charge in [-0.2, -0.15) is 5.26 Å². The summed E-state index contributed by atoms with van der Waals surface area (Å²) in [7, 11) is 0. The molecule has 0 atom stereocenters. The van der Waals surface area contributed by atoms with Crippen LogP contribution < -0.4 is 4.74 Å². The fourth-order valence-electron chi connectivity index (χ4n) is 3.15. The average Bonchev–Trinajstić information content (AvgIpc) is 3.04. The molecule has 0 amide bonds. The Morgan fingerprint density at radius 2 is 1.91 bits per heavy atom. The highest BCUT2D eigenvalue weighted by Crippen LogP contribution is 2.31. The lowest BCUT2D eigenvalue weighted by molar-refractivity contribution is 0.331. The van der Waals surface area contributed by atoms with Gasteiger partial charge in [0.05, 0.1) is 0 Å². The van der Waals surface area contributed by atoms with Gasteiger partial charge in [0.1, 0.15) is 17.4 Å². The van der Waals surface area contributed by atoms with E-state index in [2.05, 4.69) is 28.1 Å². The second-order valence-corrected chi connectivity index (χ2v) is 6.11. The second-order valence-electron chi connectivity index (χ2n) is 6.11. The minimum atomic E-state index is 0.369. The first-order valence-corrected chi connectivity index (χ1v) is 8.03. The summed E-state index contributed by atoms with van der Waals surface area (Å²) < 4.78 is 5.94. The Balaban J connectivity index is 1.84. The van der Waals surface area contributed by atoms with Gasteiger partial charge < -0.3 is 4.74 Å². The van der Waals surface area contributed by atoms with Crippen LogP contribution in [-0.2, 0) is 6.54 Å². The minimum Gasteiger partial charge on any atom is -0.437 e. The van der Waals surface area contributed by atoms with E-state index >= 15 is 0 Å². The molecule has 3 rings (SSSR count). The number of aryl methyl sites for hydroxylation is 2. The topological polar surface area (TPSA) is 49.1 Å². The van der Waals surface area contributed by atoms with E-state index in [1.165, 1.54) is 31.5 Å². The maximum atomic E-state index is 9.16. The van der Waals surface area contributed by atoms with Crippen molar-refractivity contribution >= 4 is 0 Å². The molecule has 1 aromatic carbocycles. The fourth-order valence-corrected chi connectivity index (χ4v) is 3.15. The lowest BCUT2D eigenvalue weighted by Gasteiger charge is -2.18. The van der Waals surface area contributed by atoms with Crippen LogP contribution in [0.5, 0.6) is 11.6 Å². The molecule has 0 radical (unpaired) electrons. The molecule has 0 bridgehead atoms. The van der Waals surface area contributed by atoms with E-state index in [0.717, 1.165) is 23.4 Å². The standard InChI is InChI=1S/C19H21N3O/c1-14-10-16(13-22-8-3-4-9-22)11-15(2)18(14)23-19-17(12-20)6-5-7-21-19/h5-7,10-11H,3-4,8-9,13H2,1-2H3. The van der Waals surface area contributed by atoms with Crippen LogP contribution in [0.3, 0.4) is 0 Å². The highest BCUT2D eigenvalue weighted by atomic mass is 16.5. The molecule has 2 aromatic rings. The summed E-state index contributed by atoms with van der Waals surface area (Å²) in [6, 6.07) is 9.93. The summed E-state index contributed by atoms with van der Waals surface area (Å²) >= 11 is 0. The number of likely N-dealkylation sites (tertiary alicyclic amines) is 1. The summed E-state index contributed by atoms with van der Waals surface area (Å²) in [5, 5.41) is 9.16. The fraction of sp³-hybridized carbons (Fsp3) is 0.368.